The number of carbonyl (C=O) groups excluding carboxylic acids is 1. The number of carbonyl (C=O) groups is 1. The summed E-state index contributed by atoms with van der Waals surface area (Å²) in [6.07, 6.45) is 0. The van der Waals surface area contributed by atoms with E-state index in [0.717, 1.165) is 11.3 Å². The second-order valence-electron chi connectivity index (χ2n) is 5.71. The highest BCUT2D eigenvalue weighted by Crippen LogP contribution is 2.24. The lowest BCUT2D eigenvalue weighted by Crippen LogP contribution is -2.11. The number of aromatic nitrogens is 1. The van der Waals surface area contributed by atoms with Crippen LogP contribution in [0.15, 0.2) is 42.5 Å². The third kappa shape index (κ3) is 4.39. The third-order valence-corrected chi connectivity index (χ3v) is 5.00. The fourth-order valence-electron chi connectivity index (χ4n) is 2.34. The van der Waals surface area contributed by atoms with E-state index in [9.17, 15) is 9.18 Å². The van der Waals surface area contributed by atoms with E-state index in [2.05, 4.69) is 10.3 Å². The molecule has 134 valence electrons. The van der Waals surface area contributed by atoms with Crippen molar-refractivity contribution in [3.63, 3.8) is 0 Å². The van der Waals surface area contributed by atoms with Gasteiger partial charge in [-0.25, -0.2) is 9.37 Å². The highest BCUT2D eigenvalue weighted by atomic mass is 35.5. The summed E-state index contributed by atoms with van der Waals surface area (Å²) in [5.74, 6) is -0.0940. The summed E-state index contributed by atoms with van der Waals surface area (Å²) in [7, 11) is 0. The third-order valence-electron chi connectivity index (χ3n) is 3.58. The van der Waals surface area contributed by atoms with Gasteiger partial charge in [0.25, 0.3) is 5.91 Å². The number of hydrogen-bond acceptors (Lipinski definition) is 4. The monoisotopic (exact) mass is 390 g/mol. The molecule has 26 heavy (non-hydrogen) atoms. The molecule has 0 fully saturated rings. The largest absolute Gasteiger partial charge is 0.486 e. The molecule has 0 saturated carbocycles. The van der Waals surface area contributed by atoms with Crippen molar-refractivity contribution in [2.45, 2.75) is 20.5 Å². The Morgan fingerprint density at radius 2 is 2.08 bits per heavy atom. The normalized spacial score (nSPS) is 10.6. The number of thiazole rings is 1. The Balaban J connectivity index is 1.68. The zero-order chi connectivity index (χ0) is 18.7. The fraction of sp³-hybridized carbons (Fsp3) is 0.158. The maximum Gasteiger partial charge on any atom is 0.267 e. The lowest BCUT2D eigenvalue weighted by molar-refractivity contribution is 0.103. The maximum absolute atomic E-state index is 13.2. The molecule has 0 radical (unpaired) electrons. The predicted molar refractivity (Wildman–Crippen MR) is 102 cm³/mol. The average molecular weight is 391 g/mol. The molecule has 0 saturated heterocycles. The smallest absolute Gasteiger partial charge is 0.267 e. The molecule has 1 amide bonds. The predicted octanol–water partition coefficient (Wildman–Crippen LogP) is 5.38. The van der Waals surface area contributed by atoms with Crippen molar-refractivity contribution in [1.82, 2.24) is 4.98 Å². The number of benzene rings is 2. The average Bonchev–Trinajstić information content (AvgIpc) is 2.97. The van der Waals surface area contributed by atoms with Gasteiger partial charge in [0, 0.05) is 5.69 Å². The van der Waals surface area contributed by atoms with E-state index in [1.54, 1.807) is 6.92 Å². The molecule has 0 unspecified atom stereocenters. The van der Waals surface area contributed by atoms with E-state index in [0.29, 0.717) is 21.3 Å². The van der Waals surface area contributed by atoms with Gasteiger partial charge < -0.3 is 10.1 Å². The van der Waals surface area contributed by atoms with Crippen LogP contribution >= 0.6 is 22.9 Å². The summed E-state index contributed by atoms with van der Waals surface area (Å²) in [5, 5.41) is 3.36. The summed E-state index contributed by atoms with van der Waals surface area (Å²) in [4.78, 5) is 17.3. The van der Waals surface area contributed by atoms with Crippen LogP contribution in [0.4, 0.5) is 10.1 Å². The number of rotatable bonds is 5. The molecule has 0 atom stereocenters. The van der Waals surface area contributed by atoms with Gasteiger partial charge in [-0.1, -0.05) is 23.7 Å². The molecule has 0 aliphatic rings. The van der Waals surface area contributed by atoms with E-state index in [1.807, 2.05) is 31.2 Å². The van der Waals surface area contributed by atoms with E-state index in [-0.39, 0.29) is 17.5 Å². The molecule has 1 N–H and O–H groups in total. The van der Waals surface area contributed by atoms with Crippen LogP contribution in [0, 0.1) is 19.7 Å². The summed E-state index contributed by atoms with van der Waals surface area (Å²) in [6.45, 7) is 4.04. The second-order valence-corrected chi connectivity index (χ2v) is 7.20. The number of ether oxygens (including phenoxy) is 1. The summed E-state index contributed by atoms with van der Waals surface area (Å²) < 4.78 is 18.9. The van der Waals surface area contributed by atoms with Crippen LogP contribution in [-0.4, -0.2) is 10.9 Å². The molecular weight excluding hydrogens is 375 g/mol. The fourth-order valence-corrected chi connectivity index (χ4v) is 3.39. The van der Waals surface area contributed by atoms with Gasteiger partial charge in [0.05, 0.1) is 10.7 Å². The number of halogens is 2. The summed E-state index contributed by atoms with van der Waals surface area (Å²) >= 11 is 7.00. The molecule has 3 aromatic rings. The Bertz CT molecular complexity index is 958. The van der Waals surface area contributed by atoms with Crippen LogP contribution in [0.1, 0.15) is 25.9 Å². The quantitative estimate of drug-likeness (QED) is 0.636. The van der Waals surface area contributed by atoms with E-state index >= 15 is 0 Å². The molecular formula is C19H16ClFN2O2S. The van der Waals surface area contributed by atoms with Crippen molar-refractivity contribution >= 4 is 34.5 Å². The molecule has 3 rings (SSSR count). The SMILES string of the molecule is Cc1cccc(OCc2nc(C)c(C(=O)Nc3ccc(F)c(Cl)c3)s2)c1. The highest BCUT2D eigenvalue weighted by Gasteiger charge is 2.16. The highest BCUT2D eigenvalue weighted by molar-refractivity contribution is 7.13. The number of nitrogens with zero attached hydrogens (tertiary/aromatic N) is 1. The lowest BCUT2D eigenvalue weighted by atomic mass is 10.2. The Kier molecular flexibility index (Phi) is 5.54. The molecule has 1 aromatic heterocycles. The first-order valence-corrected chi connectivity index (χ1v) is 9.04. The van der Waals surface area contributed by atoms with Crippen LogP contribution in [0.2, 0.25) is 5.02 Å². The lowest BCUT2D eigenvalue weighted by Gasteiger charge is -2.05. The van der Waals surface area contributed by atoms with Gasteiger partial charge in [0.15, 0.2) is 0 Å². The van der Waals surface area contributed by atoms with Crippen LogP contribution < -0.4 is 10.1 Å². The van der Waals surface area contributed by atoms with Crippen molar-refractivity contribution in [1.29, 1.82) is 0 Å². The standard InChI is InChI=1S/C19H16ClFN2O2S/c1-11-4-3-5-14(8-11)25-10-17-22-12(2)18(26-17)19(24)23-13-6-7-16(21)15(20)9-13/h3-9H,10H2,1-2H3,(H,23,24). The summed E-state index contributed by atoms with van der Waals surface area (Å²) in [6, 6.07) is 11.8. The van der Waals surface area contributed by atoms with Gasteiger partial charge >= 0.3 is 0 Å². The van der Waals surface area contributed by atoms with Gasteiger partial charge in [-0.15, -0.1) is 11.3 Å². The number of aryl methyl sites for hydroxylation is 2. The second kappa shape index (κ2) is 7.85. The Hall–Kier alpha value is -2.44. The number of hydrogen-bond donors (Lipinski definition) is 1. The molecule has 0 aliphatic heterocycles. The van der Waals surface area contributed by atoms with Crippen molar-refractivity contribution in [2.75, 3.05) is 5.32 Å². The van der Waals surface area contributed by atoms with Crippen LogP contribution in [-0.2, 0) is 6.61 Å². The van der Waals surface area contributed by atoms with Crippen molar-refractivity contribution in [3.8, 4) is 5.75 Å². The van der Waals surface area contributed by atoms with E-state index < -0.39 is 5.82 Å². The van der Waals surface area contributed by atoms with Gasteiger partial charge in [-0.2, -0.15) is 0 Å². The molecule has 1 heterocycles. The first-order chi connectivity index (χ1) is 12.4. The van der Waals surface area contributed by atoms with Crippen LogP contribution in [0.5, 0.6) is 5.75 Å². The van der Waals surface area contributed by atoms with Gasteiger partial charge in [-0.3, -0.25) is 4.79 Å². The minimum Gasteiger partial charge on any atom is -0.486 e. The van der Waals surface area contributed by atoms with Crippen molar-refractivity contribution in [3.05, 3.63) is 74.4 Å². The van der Waals surface area contributed by atoms with Crippen molar-refractivity contribution in [2.24, 2.45) is 0 Å². The summed E-state index contributed by atoms with van der Waals surface area (Å²) in [5.41, 5.74) is 2.14. The zero-order valence-electron chi connectivity index (χ0n) is 14.2. The van der Waals surface area contributed by atoms with E-state index in [4.69, 9.17) is 16.3 Å². The topological polar surface area (TPSA) is 51.2 Å². The molecule has 7 heteroatoms. The minimum absolute atomic E-state index is 0.0453. The Morgan fingerprint density at radius 3 is 2.81 bits per heavy atom. The molecule has 0 bridgehead atoms. The Labute approximate surface area is 159 Å². The maximum atomic E-state index is 13.2. The first-order valence-electron chi connectivity index (χ1n) is 7.84. The Morgan fingerprint density at radius 1 is 1.27 bits per heavy atom. The molecule has 4 nitrogen and oxygen atoms in total. The van der Waals surface area contributed by atoms with Gasteiger partial charge in [0.2, 0.25) is 0 Å². The molecule has 2 aromatic carbocycles. The van der Waals surface area contributed by atoms with Gasteiger partial charge in [-0.05, 0) is 49.7 Å². The number of amides is 1. The van der Waals surface area contributed by atoms with E-state index in [1.165, 1.54) is 29.5 Å². The molecule has 0 spiro atoms. The minimum atomic E-state index is -0.533. The number of anilines is 1. The van der Waals surface area contributed by atoms with Crippen LogP contribution in [0.25, 0.3) is 0 Å². The van der Waals surface area contributed by atoms with Crippen molar-refractivity contribution < 1.29 is 13.9 Å². The first kappa shape index (κ1) is 18.4. The molecule has 0 aliphatic carbocycles. The van der Waals surface area contributed by atoms with Crippen LogP contribution in [0.3, 0.4) is 0 Å². The van der Waals surface area contributed by atoms with Gasteiger partial charge in [0.1, 0.15) is 28.1 Å². The number of nitrogens with one attached hydrogen (secondary N) is 1. The zero-order valence-corrected chi connectivity index (χ0v) is 15.7.